The first kappa shape index (κ1) is 54.4. The molecule has 0 bridgehead atoms. The van der Waals surface area contributed by atoms with Crippen molar-refractivity contribution in [3.63, 3.8) is 0 Å². The highest BCUT2D eigenvalue weighted by Gasteiger charge is 2.68. The molecule has 0 saturated heterocycles. The number of aryl methyl sites for hydroxylation is 2. The first-order chi connectivity index (χ1) is 34.5. The molecule has 20 heteroatoms. The largest absolute Gasteiger partial charge is 0.493 e. The Morgan fingerprint density at radius 1 is 0.603 bits per heavy atom. The number of methoxy groups -OCH3 is 1. The molecule has 0 radical (unpaired) electrons. The molecule has 12 nitrogen and oxygen atoms in total. The van der Waals surface area contributed by atoms with Crippen LogP contribution in [0.15, 0.2) is 89.7 Å². The highest BCUT2D eigenvalue weighted by Crippen LogP contribution is 2.59. The van der Waals surface area contributed by atoms with Crippen LogP contribution in [0.4, 0.5) is 26.3 Å². The van der Waals surface area contributed by atoms with Gasteiger partial charge in [0.2, 0.25) is 0 Å². The molecule has 1 N–H and O–H groups in total. The zero-order chi connectivity index (χ0) is 52.9. The second kappa shape index (κ2) is 22.4. The summed E-state index contributed by atoms with van der Waals surface area (Å²) in [6, 6.07) is 24.2. The maximum atomic E-state index is 13.3. The molecule has 2 aromatic heterocycles. The van der Waals surface area contributed by atoms with Crippen LogP contribution in [0.5, 0.6) is 17.5 Å². The number of H-pyrrole nitrogens is 1. The van der Waals surface area contributed by atoms with Crippen molar-refractivity contribution in [2.24, 2.45) is 22.7 Å². The highest BCUT2D eigenvalue weighted by atomic mass is 35.5. The van der Waals surface area contributed by atoms with E-state index in [1.807, 2.05) is 38.1 Å². The minimum atomic E-state index is -4.52. The fourth-order valence-corrected chi connectivity index (χ4v) is 8.17. The van der Waals surface area contributed by atoms with E-state index in [9.17, 15) is 40.7 Å². The lowest BCUT2D eigenvalue weighted by Crippen LogP contribution is -2.32. The second-order valence-corrected chi connectivity index (χ2v) is 19.7. The number of carbonyl (C=O) groups is 2. The van der Waals surface area contributed by atoms with Crippen molar-refractivity contribution in [2.45, 2.75) is 91.4 Å². The minimum Gasteiger partial charge on any atom is -0.493 e. The minimum absolute atomic E-state index is 0.0811. The van der Waals surface area contributed by atoms with E-state index in [1.165, 1.54) is 7.11 Å². The van der Waals surface area contributed by atoms with Gasteiger partial charge < -0.3 is 14.2 Å². The molecule has 386 valence electrons. The Morgan fingerprint density at radius 2 is 1.03 bits per heavy atom. The molecule has 2 aliphatic rings. The predicted octanol–water partition coefficient (Wildman–Crippen LogP) is 12.8. The van der Waals surface area contributed by atoms with Crippen LogP contribution in [-0.2, 0) is 22.4 Å². The molecule has 4 aromatic carbocycles. The van der Waals surface area contributed by atoms with Crippen molar-refractivity contribution in [1.82, 2.24) is 29.9 Å². The SMILES string of the molecule is CC(C)COc1ccc(-c2nc(-c3cc(CCC(=O)C4(C(F)(F)F)CC4)ccc3Cl)[nH]c(=O)n2)cc1.COc1nc(-c2ccc(OCC(C)C)cc2)nc(-c2cc(CCC(=O)C3(C(F)(F)F)CC3)ccc2Cl)n1. The van der Waals surface area contributed by atoms with Crippen LogP contribution in [0.1, 0.15) is 77.3 Å². The average molecular weight is 1050 g/mol. The van der Waals surface area contributed by atoms with E-state index in [2.05, 4.69) is 43.8 Å². The van der Waals surface area contributed by atoms with Gasteiger partial charge in [-0.25, -0.2) is 14.8 Å². The van der Waals surface area contributed by atoms with E-state index < -0.39 is 40.4 Å². The topological polar surface area (TPSA) is 159 Å². The van der Waals surface area contributed by atoms with Gasteiger partial charge in [-0.1, -0.05) is 63.0 Å². The number of aromatic amines is 1. The van der Waals surface area contributed by atoms with Crippen molar-refractivity contribution in [2.75, 3.05) is 20.3 Å². The molecule has 2 saturated carbocycles. The number of rotatable bonds is 19. The summed E-state index contributed by atoms with van der Waals surface area (Å²) in [6.45, 7) is 9.39. The number of nitrogens with one attached hydrogen (secondary N) is 1. The summed E-state index contributed by atoms with van der Waals surface area (Å²) in [6.07, 6.45) is -9.81. The Balaban J connectivity index is 0.000000214. The lowest BCUT2D eigenvalue weighted by molar-refractivity contribution is -0.192. The standard InChI is InChI=1S/C27H27ClF3N3O3.C26H25ClF3N3O3/c1-16(2)15-37-19-8-6-18(7-9-19)23-32-24(34-25(33-23)36-3)20-14-17(4-10-21(20)28)5-11-22(35)26(12-13-26)27(29,30)31;1-15(2)14-36-18-7-5-17(6-8-18)22-31-23(33-24(35)32-22)19-13-16(3-9-20(19)27)4-10-21(34)25(11-12-25)26(28,29)30/h4,6-10,14,16H,5,11-13,15H2,1-3H3;3,5-9,13,15H,4,10-12,14H2,1-2H3,(H,31,32,33,35). The number of ether oxygens (including phenoxy) is 3. The summed E-state index contributed by atoms with van der Waals surface area (Å²) < 4.78 is 96.2. The molecule has 0 atom stereocenters. The third kappa shape index (κ3) is 13.2. The number of Topliss-reactive ketones (excluding diaryl/α,β-unsaturated/α-hetero) is 2. The van der Waals surface area contributed by atoms with Crippen LogP contribution < -0.4 is 19.9 Å². The van der Waals surface area contributed by atoms with Crippen molar-refractivity contribution >= 4 is 34.8 Å². The van der Waals surface area contributed by atoms with Gasteiger partial charge in [-0.15, -0.1) is 0 Å². The summed E-state index contributed by atoms with van der Waals surface area (Å²) in [7, 11) is 1.43. The van der Waals surface area contributed by atoms with Gasteiger partial charge in [-0.3, -0.25) is 14.6 Å². The van der Waals surface area contributed by atoms with E-state index in [0.29, 0.717) is 75.0 Å². The van der Waals surface area contributed by atoms with Crippen LogP contribution in [0.25, 0.3) is 45.6 Å². The number of carbonyl (C=O) groups excluding carboxylic acids is 2. The van der Waals surface area contributed by atoms with E-state index in [4.69, 9.17) is 37.4 Å². The smallest absolute Gasteiger partial charge is 0.401 e. The molecule has 2 heterocycles. The maximum Gasteiger partial charge on any atom is 0.401 e. The van der Waals surface area contributed by atoms with Gasteiger partial charge in [-0.05, 0) is 134 Å². The number of hydrogen-bond donors (Lipinski definition) is 1. The number of alkyl halides is 6. The monoisotopic (exact) mass is 1050 g/mol. The van der Waals surface area contributed by atoms with Crippen molar-refractivity contribution in [3.8, 4) is 63.1 Å². The molecule has 0 unspecified atom stereocenters. The van der Waals surface area contributed by atoms with Gasteiger partial charge in [0.1, 0.15) is 39.7 Å². The third-order valence-electron chi connectivity index (χ3n) is 12.3. The highest BCUT2D eigenvalue weighted by molar-refractivity contribution is 6.33. The zero-order valence-corrected chi connectivity index (χ0v) is 42.0. The van der Waals surface area contributed by atoms with Crippen LogP contribution in [0.3, 0.4) is 0 Å². The molecule has 73 heavy (non-hydrogen) atoms. The number of nitrogens with zero attached hydrogens (tertiary/aromatic N) is 5. The number of halogens is 8. The number of hydrogen-bond acceptors (Lipinski definition) is 11. The maximum absolute atomic E-state index is 13.3. The molecular weight excluding hydrogens is 1000 g/mol. The summed E-state index contributed by atoms with van der Waals surface area (Å²) in [5.74, 6) is 1.55. The lowest BCUT2D eigenvalue weighted by atomic mass is 9.94. The lowest BCUT2D eigenvalue weighted by Gasteiger charge is -2.17. The average Bonchev–Trinajstić information content (AvgIpc) is 4.30. The Bertz CT molecular complexity index is 3000. The van der Waals surface area contributed by atoms with Crippen LogP contribution in [-0.4, -0.2) is 74.1 Å². The molecule has 0 amide bonds. The van der Waals surface area contributed by atoms with Crippen LogP contribution in [0, 0.1) is 22.7 Å². The summed E-state index contributed by atoms with van der Waals surface area (Å²) in [4.78, 5) is 61.1. The van der Waals surface area contributed by atoms with E-state index in [-0.39, 0.29) is 79.9 Å². The molecule has 0 spiro atoms. The van der Waals surface area contributed by atoms with Gasteiger partial charge in [0.15, 0.2) is 17.5 Å². The van der Waals surface area contributed by atoms with Gasteiger partial charge >= 0.3 is 24.1 Å². The Hall–Kier alpha value is -6.40. The fourth-order valence-electron chi connectivity index (χ4n) is 7.76. The first-order valence-corrected chi connectivity index (χ1v) is 24.3. The zero-order valence-electron chi connectivity index (χ0n) is 40.5. The molecule has 2 fully saturated rings. The van der Waals surface area contributed by atoms with Crippen molar-refractivity contribution in [3.05, 3.63) is 117 Å². The fraction of sp³-hybridized carbons (Fsp3) is 0.396. The number of aromatic nitrogens is 6. The van der Waals surface area contributed by atoms with Crippen molar-refractivity contribution < 1.29 is 50.1 Å². The molecule has 2 aliphatic carbocycles. The van der Waals surface area contributed by atoms with Crippen LogP contribution >= 0.6 is 23.2 Å². The molecule has 0 aliphatic heterocycles. The van der Waals surface area contributed by atoms with Crippen LogP contribution in [0.2, 0.25) is 10.0 Å². The summed E-state index contributed by atoms with van der Waals surface area (Å²) >= 11 is 12.8. The summed E-state index contributed by atoms with van der Waals surface area (Å²) in [5.41, 5.74) is -1.59. The van der Waals surface area contributed by atoms with E-state index in [1.54, 1.807) is 60.7 Å². The van der Waals surface area contributed by atoms with Gasteiger partial charge in [-0.2, -0.15) is 41.3 Å². The van der Waals surface area contributed by atoms with Gasteiger partial charge in [0.05, 0.1) is 30.4 Å². The number of benzene rings is 4. The van der Waals surface area contributed by atoms with E-state index in [0.717, 1.165) is 5.75 Å². The number of ketones is 2. The molecule has 6 aromatic rings. The Kier molecular flexibility index (Phi) is 16.7. The van der Waals surface area contributed by atoms with Gasteiger partial charge in [0.25, 0.3) is 0 Å². The van der Waals surface area contributed by atoms with E-state index >= 15 is 0 Å². The first-order valence-electron chi connectivity index (χ1n) is 23.5. The molecule has 8 rings (SSSR count). The third-order valence-corrected chi connectivity index (χ3v) is 13.0. The Labute approximate surface area is 427 Å². The molecular formula is C53H52Cl2F6N6O6. The second-order valence-electron chi connectivity index (χ2n) is 18.9. The van der Waals surface area contributed by atoms with Crippen molar-refractivity contribution in [1.29, 1.82) is 0 Å². The predicted molar refractivity (Wildman–Crippen MR) is 264 cm³/mol. The van der Waals surface area contributed by atoms with Gasteiger partial charge in [0, 0.05) is 35.1 Å². The summed E-state index contributed by atoms with van der Waals surface area (Å²) in [5, 5.41) is 0.637. The Morgan fingerprint density at radius 3 is 1.45 bits per heavy atom. The quantitative estimate of drug-likeness (QED) is 0.0769. The normalized spacial score (nSPS) is 14.6.